The third-order valence-electron chi connectivity index (χ3n) is 2.88. The smallest absolute Gasteiger partial charge is 0.241 e. The van der Waals surface area contributed by atoms with Gasteiger partial charge in [-0.15, -0.1) is 0 Å². The lowest BCUT2D eigenvalue weighted by atomic mass is 10.2. The van der Waals surface area contributed by atoms with E-state index < -0.39 is 10.0 Å². The summed E-state index contributed by atoms with van der Waals surface area (Å²) in [4.78, 5) is 0.187. The maximum atomic E-state index is 12.3. The summed E-state index contributed by atoms with van der Waals surface area (Å²) in [6.07, 6.45) is 3.11. The number of rotatable bonds is 7. The highest BCUT2D eigenvalue weighted by molar-refractivity contribution is 7.99. The van der Waals surface area contributed by atoms with Gasteiger partial charge >= 0.3 is 0 Å². The number of nitrogens with one attached hydrogen (secondary N) is 1. The van der Waals surface area contributed by atoms with Gasteiger partial charge in [0.05, 0.1) is 11.5 Å². The summed E-state index contributed by atoms with van der Waals surface area (Å²) in [7, 11) is -3.56. The maximum Gasteiger partial charge on any atom is 0.241 e. The van der Waals surface area contributed by atoms with Gasteiger partial charge in [0.1, 0.15) is 0 Å². The molecule has 21 heavy (non-hydrogen) atoms. The zero-order valence-corrected chi connectivity index (χ0v) is 13.9. The molecular weight excluding hydrogens is 306 g/mol. The summed E-state index contributed by atoms with van der Waals surface area (Å²) >= 11 is 1.71. The maximum absolute atomic E-state index is 12.3. The van der Waals surface area contributed by atoms with Crippen molar-refractivity contribution >= 4 is 21.8 Å². The molecule has 0 amide bonds. The molecule has 4 nitrogen and oxygen atoms in total. The zero-order chi connectivity index (χ0) is 15.7. The SMILES string of the molecule is CSC(C)CCNS(=O)(=O)c1ccccc1C#CCCO. The van der Waals surface area contributed by atoms with Crippen molar-refractivity contribution in [1.82, 2.24) is 4.72 Å². The molecule has 0 saturated heterocycles. The van der Waals surface area contributed by atoms with Crippen LogP contribution >= 0.6 is 11.8 Å². The van der Waals surface area contributed by atoms with E-state index in [1.165, 1.54) is 0 Å². The average molecular weight is 327 g/mol. The van der Waals surface area contributed by atoms with Gasteiger partial charge < -0.3 is 5.11 Å². The lowest BCUT2D eigenvalue weighted by Gasteiger charge is -2.11. The van der Waals surface area contributed by atoms with E-state index in [0.717, 1.165) is 6.42 Å². The third kappa shape index (κ3) is 6.10. The number of benzene rings is 1. The molecule has 116 valence electrons. The first kappa shape index (κ1) is 18.1. The van der Waals surface area contributed by atoms with Crippen molar-refractivity contribution < 1.29 is 13.5 Å². The topological polar surface area (TPSA) is 66.4 Å². The lowest BCUT2D eigenvalue weighted by molar-refractivity contribution is 0.305. The Morgan fingerprint density at radius 1 is 1.38 bits per heavy atom. The van der Waals surface area contributed by atoms with Crippen LogP contribution in [0.1, 0.15) is 25.3 Å². The van der Waals surface area contributed by atoms with Crippen LogP contribution in [-0.2, 0) is 10.0 Å². The van der Waals surface area contributed by atoms with Crippen LogP contribution in [0.15, 0.2) is 29.2 Å². The molecule has 2 N–H and O–H groups in total. The standard InChI is InChI=1S/C15H21NO3S2/c1-13(20-2)10-11-16-21(18,19)15-9-4-3-7-14(15)8-5-6-12-17/h3-4,7,9,13,16-17H,6,10-12H2,1-2H3. The summed E-state index contributed by atoms with van der Waals surface area (Å²) in [6.45, 7) is 2.43. The van der Waals surface area contributed by atoms with Crippen molar-refractivity contribution in [1.29, 1.82) is 0 Å². The Morgan fingerprint density at radius 2 is 2.10 bits per heavy atom. The second kappa shape index (κ2) is 9.11. The van der Waals surface area contributed by atoms with Gasteiger partial charge in [-0.25, -0.2) is 13.1 Å². The monoisotopic (exact) mass is 327 g/mol. The van der Waals surface area contributed by atoms with Gasteiger partial charge in [0.2, 0.25) is 10.0 Å². The van der Waals surface area contributed by atoms with E-state index in [2.05, 4.69) is 23.5 Å². The Balaban J connectivity index is 2.86. The normalized spacial score (nSPS) is 12.5. The van der Waals surface area contributed by atoms with Crippen LogP contribution < -0.4 is 4.72 Å². The fourth-order valence-electron chi connectivity index (χ4n) is 1.61. The molecule has 0 bridgehead atoms. The molecule has 1 atom stereocenters. The van der Waals surface area contributed by atoms with Crippen molar-refractivity contribution in [3.63, 3.8) is 0 Å². The van der Waals surface area contributed by atoms with E-state index >= 15 is 0 Å². The van der Waals surface area contributed by atoms with Crippen molar-refractivity contribution in [3.05, 3.63) is 29.8 Å². The molecule has 1 aromatic carbocycles. The summed E-state index contributed by atoms with van der Waals surface area (Å²) in [6, 6.07) is 6.64. The number of sulfonamides is 1. The van der Waals surface area contributed by atoms with E-state index in [9.17, 15) is 8.42 Å². The molecule has 1 rings (SSSR count). The summed E-state index contributed by atoms with van der Waals surface area (Å²) in [5.74, 6) is 5.55. The second-order valence-corrected chi connectivity index (χ2v) is 7.52. The Bertz CT molecular complexity index is 603. The minimum atomic E-state index is -3.56. The minimum absolute atomic E-state index is 0.0350. The van der Waals surface area contributed by atoms with Gasteiger partial charge in [0.25, 0.3) is 0 Å². The predicted molar refractivity (Wildman–Crippen MR) is 87.8 cm³/mol. The fraction of sp³-hybridized carbons (Fsp3) is 0.467. The first-order chi connectivity index (χ1) is 10.0. The number of thioether (sulfide) groups is 1. The van der Waals surface area contributed by atoms with Crippen molar-refractivity contribution in [2.24, 2.45) is 0 Å². The van der Waals surface area contributed by atoms with Crippen molar-refractivity contribution in [2.45, 2.75) is 29.9 Å². The molecule has 0 heterocycles. The van der Waals surface area contributed by atoms with Gasteiger partial charge in [-0.05, 0) is 24.8 Å². The van der Waals surface area contributed by atoms with E-state index in [1.807, 2.05) is 6.26 Å². The van der Waals surface area contributed by atoms with Gasteiger partial charge in [0, 0.05) is 23.8 Å². The van der Waals surface area contributed by atoms with Crippen molar-refractivity contribution in [2.75, 3.05) is 19.4 Å². The number of hydrogen-bond acceptors (Lipinski definition) is 4. The van der Waals surface area contributed by atoms with Gasteiger partial charge in [0.15, 0.2) is 0 Å². The second-order valence-electron chi connectivity index (χ2n) is 4.50. The van der Waals surface area contributed by atoms with Crippen LogP contribution in [0.5, 0.6) is 0 Å². The molecule has 0 aliphatic carbocycles. The molecule has 6 heteroatoms. The molecule has 0 aromatic heterocycles. The molecule has 0 aliphatic heterocycles. The molecule has 0 aliphatic rings. The lowest BCUT2D eigenvalue weighted by Crippen LogP contribution is -2.27. The Morgan fingerprint density at radius 3 is 2.76 bits per heavy atom. The summed E-state index contributed by atoms with van der Waals surface area (Å²) in [5.41, 5.74) is 0.455. The van der Waals surface area contributed by atoms with Crippen molar-refractivity contribution in [3.8, 4) is 11.8 Å². The predicted octanol–water partition coefficient (Wildman–Crippen LogP) is 1.84. The summed E-state index contributed by atoms with van der Waals surface area (Å²) in [5, 5.41) is 9.14. The molecule has 1 unspecified atom stereocenters. The quantitative estimate of drug-likeness (QED) is 0.750. The summed E-state index contributed by atoms with van der Waals surface area (Å²) < 4.78 is 27.3. The fourth-order valence-corrected chi connectivity index (χ4v) is 3.17. The highest BCUT2D eigenvalue weighted by Gasteiger charge is 2.17. The van der Waals surface area contributed by atoms with Crippen LogP contribution in [0, 0.1) is 11.8 Å². The number of aliphatic hydroxyl groups is 1. The first-order valence-corrected chi connectivity index (χ1v) is 9.49. The molecule has 0 spiro atoms. The average Bonchev–Trinajstić information content (AvgIpc) is 2.47. The van der Waals surface area contributed by atoms with Gasteiger partial charge in [-0.1, -0.05) is 30.9 Å². The third-order valence-corrected chi connectivity index (χ3v) is 5.44. The Hall–Kier alpha value is -1.00. The van der Waals surface area contributed by atoms with Crippen LogP contribution in [0.2, 0.25) is 0 Å². The van der Waals surface area contributed by atoms with Gasteiger partial charge in [-0.3, -0.25) is 0 Å². The van der Waals surface area contributed by atoms with E-state index in [-0.39, 0.29) is 11.5 Å². The molecule has 1 aromatic rings. The van der Waals surface area contributed by atoms with Crippen LogP contribution in [0.4, 0.5) is 0 Å². The highest BCUT2D eigenvalue weighted by atomic mass is 32.2. The van der Waals surface area contributed by atoms with Gasteiger partial charge in [-0.2, -0.15) is 11.8 Å². The molecular formula is C15H21NO3S2. The van der Waals surface area contributed by atoms with Crippen LogP contribution in [0.25, 0.3) is 0 Å². The zero-order valence-electron chi connectivity index (χ0n) is 12.3. The van der Waals surface area contributed by atoms with E-state index in [0.29, 0.717) is 23.8 Å². The van der Waals surface area contributed by atoms with E-state index in [1.54, 1.807) is 36.0 Å². The molecule has 0 saturated carbocycles. The molecule has 0 radical (unpaired) electrons. The molecule has 0 fully saturated rings. The minimum Gasteiger partial charge on any atom is -0.395 e. The first-order valence-electron chi connectivity index (χ1n) is 6.72. The Kier molecular flexibility index (Phi) is 7.83. The Labute approximate surface area is 131 Å². The largest absolute Gasteiger partial charge is 0.395 e. The van der Waals surface area contributed by atoms with E-state index in [4.69, 9.17) is 5.11 Å². The van der Waals surface area contributed by atoms with Crippen LogP contribution in [0.3, 0.4) is 0 Å². The number of hydrogen-bond donors (Lipinski definition) is 2. The van der Waals surface area contributed by atoms with Crippen LogP contribution in [-0.4, -0.2) is 38.2 Å². The number of aliphatic hydroxyl groups excluding tert-OH is 1. The highest BCUT2D eigenvalue weighted by Crippen LogP contribution is 2.15.